The van der Waals surface area contributed by atoms with Crippen LogP contribution in [-0.4, -0.2) is 47.3 Å². The normalized spacial score (nSPS) is 26.3. The molecule has 1 saturated heterocycles. The number of halogens is 3. The van der Waals surface area contributed by atoms with E-state index in [0.29, 0.717) is 18.0 Å². The number of morpholine rings is 1. The van der Waals surface area contributed by atoms with E-state index in [2.05, 4.69) is 5.32 Å². The highest BCUT2D eigenvalue weighted by Gasteiger charge is 2.35. The SMILES string of the molecule is C[C@@H]1CN(C(=O)C[C@@H]2Sc3ccc(C(F)(F)F)cc3NC2=O)C[C@@H](C)O1. The second kappa shape index (κ2) is 7.11. The van der Waals surface area contributed by atoms with E-state index in [1.165, 1.54) is 6.07 Å². The number of amides is 2. The van der Waals surface area contributed by atoms with Gasteiger partial charge in [0.15, 0.2) is 0 Å². The van der Waals surface area contributed by atoms with Crippen LogP contribution in [0.15, 0.2) is 23.1 Å². The maximum atomic E-state index is 12.8. The molecule has 1 aromatic rings. The Bertz CT molecular complexity index is 716. The molecule has 0 aliphatic carbocycles. The molecule has 2 amide bonds. The van der Waals surface area contributed by atoms with Crippen LogP contribution in [0.4, 0.5) is 18.9 Å². The molecular formula is C17H19F3N2O3S. The molecule has 3 atom stereocenters. The molecule has 1 N–H and O–H groups in total. The molecule has 0 radical (unpaired) electrons. The van der Waals surface area contributed by atoms with Gasteiger partial charge in [0.1, 0.15) is 0 Å². The minimum atomic E-state index is -4.47. The summed E-state index contributed by atoms with van der Waals surface area (Å²) in [6, 6.07) is 3.23. The van der Waals surface area contributed by atoms with E-state index in [9.17, 15) is 22.8 Å². The zero-order chi connectivity index (χ0) is 19.1. The number of rotatable bonds is 2. The second-order valence-electron chi connectivity index (χ2n) is 6.56. The fraction of sp³-hybridized carbons (Fsp3) is 0.529. The first-order valence-corrected chi connectivity index (χ1v) is 9.13. The molecule has 5 nitrogen and oxygen atoms in total. The summed E-state index contributed by atoms with van der Waals surface area (Å²) >= 11 is 1.12. The van der Waals surface area contributed by atoms with Crippen molar-refractivity contribution in [3.8, 4) is 0 Å². The molecule has 142 valence electrons. The lowest BCUT2D eigenvalue weighted by Gasteiger charge is -2.36. The van der Waals surface area contributed by atoms with Gasteiger partial charge in [-0.25, -0.2) is 0 Å². The van der Waals surface area contributed by atoms with Crippen molar-refractivity contribution in [1.29, 1.82) is 0 Å². The Kier molecular flexibility index (Phi) is 5.21. The van der Waals surface area contributed by atoms with Crippen molar-refractivity contribution in [3.05, 3.63) is 23.8 Å². The Morgan fingerprint density at radius 3 is 2.58 bits per heavy atom. The highest BCUT2D eigenvalue weighted by atomic mass is 32.2. The van der Waals surface area contributed by atoms with Crippen LogP contribution >= 0.6 is 11.8 Å². The minimum absolute atomic E-state index is 0.00357. The first kappa shape index (κ1) is 19.0. The molecule has 0 spiro atoms. The first-order valence-electron chi connectivity index (χ1n) is 8.25. The average Bonchev–Trinajstić information content (AvgIpc) is 2.53. The predicted octanol–water partition coefficient (Wildman–Crippen LogP) is 3.14. The van der Waals surface area contributed by atoms with E-state index >= 15 is 0 Å². The summed E-state index contributed by atoms with van der Waals surface area (Å²) in [7, 11) is 0. The van der Waals surface area contributed by atoms with Crippen molar-refractivity contribution < 1.29 is 27.5 Å². The summed E-state index contributed by atoms with van der Waals surface area (Å²) in [6.45, 7) is 4.69. The number of nitrogens with zero attached hydrogens (tertiary/aromatic N) is 1. The number of hydrogen-bond donors (Lipinski definition) is 1. The molecule has 9 heteroatoms. The fourth-order valence-electron chi connectivity index (χ4n) is 3.13. The van der Waals surface area contributed by atoms with Crippen molar-refractivity contribution >= 4 is 29.3 Å². The number of thioether (sulfide) groups is 1. The predicted molar refractivity (Wildman–Crippen MR) is 90.9 cm³/mol. The van der Waals surface area contributed by atoms with Crippen LogP contribution in [0.3, 0.4) is 0 Å². The third-order valence-electron chi connectivity index (χ3n) is 4.26. The quantitative estimate of drug-likeness (QED) is 0.846. The van der Waals surface area contributed by atoms with Crippen LogP contribution in [0.5, 0.6) is 0 Å². The summed E-state index contributed by atoms with van der Waals surface area (Å²) in [5.74, 6) is -0.612. The maximum absolute atomic E-state index is 12.8. The Labute approximate surface area is 153 Å². The summed E-state index contributed by atoms with van der Waals surface area (Å²) < 4.78 is 44.0. The van der Waals surface area contributed by atoms with Crippen molar-refractivity contribution in [2.75, 3.05) is 18.4 Å². The van der Waals surface area contributed by atoms with Crippen molar-refractivity contribution in [1.82, 2.24) is 4.90 Å². The minimum Gasteiger partial charge on any atom is -0.372 e. The number of alkyl halides is 3. The zero-order valence-electron chi connectivity index (χ0n) is 14.3. The number of carbonyl (C=O) groups is 2. The monoisotopic (exact) mass is 388 g/mol. The van der Waals surface area contributed by atoms with Gasteiger partial charge < -0.3 is 15.0 Å². The van der Waals surface area contributed by atoms with Crippen LogP contribution < -0.4 is 5.32 Å². The molecule has 1 aromatic carbocycles. The zero-order valence-corrected chi connectivity index (χ0v) is 15.1. The summed E-state index contributed by atoms with van der Waals surface area (Å²) in [4.78, 5) is 27.0. The van der Waals surface area contributed by atoms with Gasteiger partial charge >= 0.3 is 6.18 Å². The molecule has 0 unspecified atom stereocenters. The van der Waals surface area contributed by atoms with E-state index in [1.54, 1.807) is 4.90 Å². The highest BCUT2D eigenvalue weighted by molar-refractivity contribution is 8.01. The lowest BCUT2D eigenvalue weighted by atomic mass is 10.1. The van der Waals surface area contributed by atoms with E-state index in [1.807, 2.05) is 13.8 Å². The van der Waals surface area contributed by atoms with Crippen LogP contribution in [0.25, 0.3) is 0 Å². The van der Waals surface area contributed by atoms with Gasteiger partial charge in [-0.15, -0.1) is 11.8 Å². The van der Waals surface area contributed by atoms with Crippen LogP contribution in [0, 0.1) is 0 Å². The Morgan fingerprint density at radius 1 is 1.31 bits per heavy atom. The van der Waals surface area contributed by atoms with Crippen LogP contribution in [0.2, 0.25) is 0 Å². The van der Waals surface area contributed by atoms with Crippen LogP contribution in [0.1, 0.15) is 25.8 Å². The van der Waals surface area contributed by atoms with Gasteiger partial charge in [0.2, 0.25) is 11.8 Å². The molecule has 0 aromatic heterocycles. The van der Waals surface area contributed by atoms with Crippen molar-refractivity contribution in [2.45, 2.75) is 48.8 Å². The summed E-state index contributed by atoms with van der Waals surface area (Å²) in [5.41, 5.74) is -0.685. The molecular weight excluding hydrogens is 369 g/mol. The van der Waals surface area contributed by atoms with Gasteiger partial charge in [-0.3, -0.25) is 9.59 Å². The van der Waals surface area contributed by atoms with Crippen LogP contribution in [-0.2, 0) is 20.5 Å². The number of hydrogen-bond acceptors (Lipinski definition) is 4. The van der Waals surface area contributed by atoms with Gasteiger partial charge in [0.25, 0.3) is 0 Å². The average molecular weight is 388 g/mol. The number of nitrogens with one attached hydrogen (secondary N) is 1. The van der Waals surface area contributed by atoms with Gasteiger partial charge in [-0.2, -0.15) is 13.2 Å². The molecule has 26 heavy (non-hydrogen) atoms. The third kappa shape index (κ3) is 4.15. The Balaban J connectivity index is 1.69. The van der Waals surface area contributed by atoms with Crippen molar-refractivity contribution in [3.63, 3.8) is 0 Å². The number of benzene rings is 1. The summed E-state index contributed by atoms with van der Waals surface area (Å²) in [5, 5.41) is 1.83. The van der Waals surface area contributed by atoms with Gasteiger partial charge in [-0.05, 0) is 32.0 Å². The lowest BCUT2D eigenvalue weighted by Crippen LogP contribution is -2.49. The fourth-order valence-corrected chi connectivity index (χ4v) is 4.21. The highest BCUT2D eigenvalue weighted by Crippen LogP contribution is 2.40. The van der Waals surface area contributed by atoms with E-state index < -0.39 is 22.9 Å². The molecule has 0 saturated carbocycles. The van der Waals surface area contributed by atoms with E-state index in [0.717, 1.165) is 23.9 Å². The number of fused-ring (bicyclic) bond motifs is 1. The first-order chi connectivity index (χ1) is 12.1. The van der Waals surface area contributed by atoms with Gasteiger partial charge in [0, 0.05) is 24.4 Å². The Morgan fingerprint density at radius 2 is 1.96 bits per heavy atom. The largest absolute Gasteiger partial charge is 0.416 e. The molecule has 2 aliphatic rings. The third-order valence-corrected chi connectivity index (χ3v) is 5.53. The number of ether oxygens (including phenoxy) is 1. The number of anilines is 1. The molecule has 2 heterocycles. The molecule has 3 rings (SSSR count). The van der Waals surface area contributed by atoms with E-state index in [-0.39, 0.29) is 30.2 Å². The topological polar surface area (TPSA) is 58.6 Å². The van der Waals surface area contributed by atoms with Crippen molar-refractivity contribution in [2.24, 2.45) is 0 Å². The standard InChI is InChI=1S/C17H19F3N2O3S/c1-9-7-22(8-10(2)25-9)15(23)6-14-16(24)21-12-5-11(17(18,19)20)3-4-13(12)26-14/h3-5,9-10,14H,6-8H2,1-2H3,(H,21,24)/t9-,10-,14+/m1/s1. The smallest absolute Gasteiger partial charge is 0.372 e. The maximum Gasteiger partial charge on any atom is 0.416 e. The molecule has 2 aliphatic heterocycles. The second-order valence-corrected chi connectivity index (χ2v) is 7.81. The Hall–Kier alpha value is -1.74. The lowest BCUT2D eigenvalue weighted by molar-refractivity contribution is -0.143. The molecule has 0 bridgehead atoms. The summed E-state index contributed by atoms with van der Waals surface area (Å²) in [6.07, 6.45) is -4.62. The molecule has 1 fully saturated rings. The van der Waals surface area contributed by atoms with Gasteiger partial charge in [0.05, 0.1) is 28.7 Å². The van der Waals surface area contributed by atoms with Gasteiger partial charge in [-0.1, -0.05) is 0 Å². The number of carbonyl (C=O) groups excluding carboxylic acids is 2. The van der Waals surface area contributed by atoms with E-state index in [4.69, 9.17) is 4.74 Å².